The van der Waals surface area contributed by atoms with Crippen LogP contribution in [-0.4, -0.2) is 24.6 Å². The molecule has 0 fully saturated rings. The summed E-state index contributed by atoms with van der Waals surface area (Å²) in [7, 11) is 1.48. The Kier molecular flexibility index (Phi) is 4.89. The molecule has 26 heavy (non-hydrogen) atoms. The monoisotopic (exact) mass is 350 g/mol. The van der Waals surface area contributed by atoms with Crippen molar-refractivity contribution in [2.45, 2.75) is 26.8 Å². The largest absolute Gasteiger partial charge is 0.359 e. The molecule has 134 valence electrons. The van der Waals surface area contributed by atoms with Crippen molar-refractivity contribution in [2.75, 3.05) is 11.9 Å². The number of fused-ring (bicyclic) bond motifs is 1. The molecule has 2 aromatic carbocycles. The first kappa shape index (κ1) is 17.9. The van der Waals surface area contributed by atoms with Crippen molar-refractivity contribution in [1.29, 1.82) is 0 Å². The summed E-state index contributed by atoms with van der Waals surface area (Å²) in [6.45, 7) is 4.39. The number of aryl methyl sites for hydroxylation is 2. The number of nitrogens with one attached hydrogen (secondary N) is 1. The van der Waals surface area contributed by atoms with Crippen LogP contribution in [0.5, 0.6) is 0 Å². The molecule has 1 unspecified atom stereocenters. The van der Waals surface area contributed by atoms with Gasteiger partial charge in [0.1, 0.15) is 5.92 Å². The van der Waals surface area contributed by atoms with Crippen LogP contribution in [0.15, 0.2) is 42.5 Å². The second-order valence-corrected chi connectivity index (χ2v) is 6.60. The fourth-order valence-corrected chi connectivity index (χ4v) is 3.43. The van der Waals surface area contributed by atoms with Crippen LogP contribution in [0.3, 0.4) is 0 Å². The molecule has 0 aliphatic carbocycles. The molecular weight excluding hydrogens is 328 g/mol. The number of amides is 2. The summed E-state index contributed by atoms with van der Waals surface area (Å²) in [6.07, 6.45) is -0.127. The molecule has 2 aromatic rings. The highest BCUT2D eigenvalue weighted by Crippen LogP contribution is 2.32. The van der Waals surface area contributed by atoms with Crippen LogP contribution < -0.4 is 10.2 Å². The molecule has 1 atom stereocenters. The first-order chi connectivity index (χ1) is 12.4. The third kappa shape index (κ3) is 3.12. The van der Waals surface area contributed by atoms with E-state index in [1.165, 1.54) is 7.05 Å². The maximum absolute atomic E-state index is 13.0. The number of para-hydroxylation sites is 1. The Balaban J connectivity index is 2.09. The van der Waals surface area contributed by atoms with Crippen LogP contribution in [0.1, 0.15) is 33.5 Å². The molecule has 0 saturated carbocycles. The second-order valence-electron chi connectivity index (χ2n) is 6.60. The number of hydrogen-bond acceptors (Lipinski definition) is 3. The summed E-state index contributed by atoms with van der Waals surface area (Å²) in [6, 6.07) is 13.0. The Morgan fingerprint density at radius 3 is 2.38 bits per heavy atom. The fourth-order valence-electron chi connectivity index (χ4n) is 3.43. The number of rotatable bonds is 3. The van der Waals surface area contributed by atoms with Crippen LogP contribution in [0.2, 0.25) is 0 Å². The Morgan fingerprint density at radius 2 is 1.73 bits per heavy atom. The maximum atomic E-state index is 13.0. The lowest BCUT2D eigenvalue weighted by atomic mass is 9.94. The minimum absolute atomic E-state index is 0.127. The van der Waals surface area contributed by atoms with Gasteiger partial charge in [0.25, 0.3) is 0 Å². The molecule has 3 rings (SSSR count). The minimum atomic E-state index is -0.989. The number of nitrogens with zero attached hydrogens (tertiary/aromatic N) is 1. The van der Waals surface area contributed by atoms with E-state index in [1.54, 1.807) is 29.2 Å². The zero-order chi connectivity index (χ0) is 18.8. The van der Waals surface area contributed by atoms with E-state index in [2.05, 4.69) is 5.32 Å². The average Bonchev–Trinajstić information content (AvgIpc) is 2.74. The number of hydrogen-bond donors (Lipinski definition) is 1. The lowest BCUT2D eigenvalue weighted by Gasteiger charge is -2.24. The Labute approximate surface area is 153 Å². The molecule has 1 N–H and O–H groups in total. The summed E-state index contributed by atoms with van der Waals surface area (Å²) in [5, 5.41) is 2.50. The van der Waals surface area contributed by atoms with Gasteiger partial charge in [-0.25, -0.2) is 0 Å². The van der Waals surface area contributed by atoms with Crippen molar-refractivity contribution < 1.29 is 14.4 Å². The molecule has 1 aliphatic rings. The summed E-state index contributed by atoms with van der Waals surface area (Å²) in [4.78, 5) is 39.6. The molecule has 2 amide bonds. The van der Waals surface area contributed by atoms with E-state index in [0.29, 0.717) is 17.8 Å². The fraction of sp³-hybridized carbons (Fsp3) is 0.286. The Morgan fingerprint density at radius 1 is 1.08 bits per heavy atom. The second kappa shape index (κ2) is 7.12. The van der Waals surface area contributed by atoms with Gasteiger partial charge in [0.05, 0.1) is 12.2 Å². The van der Waals surface area contributed by atoms with Gasteiger partial charge in [0, 0.05) is 19.0 Å². The quantitative estimate of drug-likeness (QED) is 0.866. The van der Waals surface area contributed by atoms with Crippen LogP contribution in [0, 0.1) is 19.8 Å². The molecule has 0 radical (unpaired) electrons. The van der Waals surface area contributed by atoms with Crippen LogP contribution >= 0.6 is 0 Å². The zero-order valence-electron chi connectivity index (χ0n) is 15.2. The molecular formula is C21H22N2O3. The molecule has 5 heteroatoms. The molecule has 0 spiro atoms. The van der Waals surface area contributed by atoms with Crippen molar-refractivity contribution in [3.8, 4) is 0 Å². The summed E-state index contributed by atoms with van der Waals surface area (Å²) in [5.41, 5.74) is 4.22. The van der Waals surface area contributed by atoms with Gasteiger partial charge in [0.15, 0.2) is 5.78 Å². The molecule has 0 saturated heterocycles. The third-order valence-corrected chi connectivity index (χ3v) is 4.98. The average molecular weight is 350 g/mol. The Hall–Kier alpha value is -2.95. The number of Topliss-reactive ketones (excluding diaryl/α,β-unsaturated/α-hetero) is 1. The number of carbonyl (C=O) groups is 3. The van der Waals surface area contributed by atoms with Crippen molar-refractivity contribution in [3.63, 3.8) is 0 Å². The van der Waals surface area contributed by atoms with Gasteiger partial charge < -0.3 is 10.2 Å². The van der Waals surface area contributed by atoms with Gasteiger partial charge in [-0.2, -0.15) is 0 Å². The van der Waals surface area contributed by atoms with Crippen molar-refractivity contribution in [1.82, 2.24) is 5.32 Å². The first-order valence-electron chi connectivity index (χ1n) is 8.64. The zero-order valence-corrected chi connectivity index (χ0v) is 15.2. The number of ketones is 1. The first-order valence-corrected chi connectivity index (χ1v) is 8.64. The summed E-state index contributed by atoms with van der Waals surface area (Å²) < 4.78 is 0. The van der Waals surface area contributed by atoms with E-state index in [-0.39, 0.29) is 18.1 Å². The Bertz CT molecular complexity index is 868. The SMILES string of the molecule is CNC(=O)C1CC(=O)N(Cc2c(C)cccc2C)c2ccccc2C1=O. The van der Waals surface area contributed by atoms with E-state index in [0.717, 1.165) is 16.7 Å². The van der Waals surface area contributed by atoms with E-state index in [4.69, 9.17) is 0 Å². The molecule has 1 heterocycles. The van der Waals surface area contributed by atoms with Gasteiger partial charge in [-0.15, -0.1) is 0 Å². The number of anilines is 1. The summed E-state index contributed by atoms with van der Waals surface area (Å²) in [5.74, 6) is -1.94. The predicted octanol–water partition coefficient (Wildman–Crippen LogP) is 2.79. The molecule has 0 bridgehead atoms. The highest BCUT2D eigenvalue weighted by Gasteiger charge is 2.37. The number of benzene rings is 2. The van der Waals surface area contributed by atoms with Crippen molar-refractivity contribution in [3.05, 3.63) is 64.7 Å². The highest BCUT2D eigenvalue weighted by molar-refractivity contribution is 6.18. The molecule has 0 aromatic heterocycles. The third-order valence-electron chi connectivity index (χ3n) is 4.98. The predicted molar refractivity (Wildman–Crippen MR) is 100 cm³/mol. The standard InChI is InChI=1S/C21H22N2O3/c1-13-7-6-8-14(2)17(13)12-23-18-10-5-4-9-15(18)20(25)16(11-19(23)24)21(26)22-3/h4-10,16H,11-12H2,1-3H3,(H,22,26). The lowest BCUT2D eigenvalue weighted by Crippen LogP contribution is -2.36. The highest BCUT2D eigenvalue weighted by atomic mass is 16.2. The van der Waals surface area contributed by atoms with Gasteiger partial charge in [-0.05, 0) is 42.7 Å². The smallest absolute Gasteiger partial charge is 0.231 e. The van der Waals surface area contributed by atoms with Crippen LogP contribution in [-0.2, 0) is 16.1 Å². The normalized spacial score (nSPS) is 16.9. The van der Waals surface area contributed by atoms with E-state index in [9.17, 15) is 14.4 Å². The molecule has 5 nitrogen and oxygen atoms in total. The minimum Gasteiger partial charge on any atom is -0.359 e. The van der Waals surface area contributed by atoms with Crippen LogP contribution in [0.25, 0.3) is 0 Å². The summed E-state index contributed by atoms with van der Waals surface area (Å²) >= 11 is 0. The van der Waals surface area contributed by atoms with Crippen molar-refractivity contribution >= 4 is 23.3 Å². The lowest BCUT2D eigenvalue weighted by molar-refractivity contribution is -0.127. The van der Waals surface area contributed by atoms with Crippen molar-refractivity contribution in [2.24, 2.45) is 5.92 Å². The van der Waals surface area contributed by atoms with E-state index < -0.39 is 11.8 Å². The maximum Gasteiger partial charge on any atom is 0.231 e. The van der Waals surface area contributed by atoms with Gasteiger partial charge >= 0.3 is 0 Å². The topological polar surface area (TPSA) is 66.5 Å². The van der Waals surface area contributed by atoms with Crippen LogP contribution in [0.4, 0.5) is 5.69 Å². The van der Waals surface area contributed by atoms with Gasteiger partial charge in [0.2, 0.25) is 11.8 Å². The molecule has 1 aliphatic heterocycles. The van der Waals surface area contributed by atoms with E-state index >= 15 is 0 Å². The van der Waals surface area contributed by atoms with E-state index in [1.807, 2.05) is 32.0 Å². The van der Waals surface area contributed by atoms with Gasteiger partial charge in [-0.1, -0.05) is 30.3 Å². The van der Waals surface area contributed by atoms with Gasteiger partial charge in [-0.3, -0.25) is 14.4 Å². The number of carbonyl (C=O) groups excluding carboxylic acids is 3.